The van der Waals surface area contributed by atoms with E-state index in [1.165, 1.54) is 29.1 Å². The van der Waals surface area contributed by atoms with E-state index in [0.717, 1.165) is 5.75 Å². The number of benzene rings is 1. The molecule has 0 unspecified atom stereocenters. The molecule has 1 aliphatic rings. The van der Waals surface area contributed by atoms with Gasteiger partial charge in [0.1, 0.15) is 0 Å². The number of rotatable bonds is 4. The molecule has 0 radical (unpaired) electrons. The highest BCUT2D eigenvalue weighted by Crippen LogP contribution is 2.50. The summed E-state index contributed by atoms with van der Waals surface area (Å²) in [5.74, 6) is 2.28. The van der Waals surface area contributed by atoms with Gasteiger partial charge in [0.05, 0.1) is 0 Å². The van der Waals surface area contributed by atoms with Gasteiger partial charge in [-0.05, 0) is 42.6 Å². The van der Waals surface area contributed by atoms with E-state index in [1.54, 1.807) is 0 Å². The van der Waals surface area contributed by atoms with Crippen LogP contribution in [0.5, 0.6) is 0 Å². The van der Waals surface area contributed by atoms with Gasteiger partial charge in [-0.1, -0.05) is 18.2 Å². The van der Waals surface area contributed by atoms with Crippen LogP contribution in [0.15, 0.2) is 29.2 Å². The molecule has 1 aromatic rings. The maximum absolute atomic E-state index is 4.42. The van der Waals surface area contributed by atoms with E-state index < -0.39 is 0 Å². The van der Waals surface area contributed by atoms with Gasteiger partial charge in [0.15, 0.2) is 0 Å². The van der Waals surface area contributed by atoms with Gasteiger partial charge in [-0.3, -0.25) is 0 Å². The Kier molecular flexibility index (Phi) is 3.13. The molecule has 2 heteroatoms. The minimum absolute atomic E-state index is 0.566. The summed E-state index contributed by atoms with van der Waals surface area (Å²) >= 11 is 6.41. The molecule has 0 heterocycles. The molecule has 76 valence electrons. The van der Waals surface area contributed by atoms with Crippen LogP contribution in [0.4, 0.5) is 0 Å². The average molecular weight is 224 g/mol. The summed E-state index contributed by atoms with van der Waals surface area (Å²) in [6, 6.07) is 8.62. The van der Waals surface area contributed by atoms with E-state index in [9.17, 15) is 0 Å². The zero-order chi connectivity index (χ0) is 10.0. The van der Waals surface area contributed by atoms with Crippen molar-refractivity contribution in [3.8, 4) is 0 Å². The molecule has 0 bridgehead atoms. The predicted octanol–water partition coefficient (Wildman–Crippen LogP) is 3.80. The monoisotopic (exact) mass is 224 g/mol. The minimum Gasteiger partial charge on any atom is -0.179 e. The highest BCUT2D eigenvalue weighted by molar-refractivity contribution is 7.99. The Balaban J connectivity index is 1.95. The summed E-state index contributed by atoms with van der Waals surface area (Å²) in [7, 11) is 0. The number of thioether (sulfide) groups is 1. The van der Waals surface area contributed by atoms with Crippen LogP contribution in [0.25, 0.3) is 0 Å². The van der Waals surface area contributed by atoms with Crippen LogP contribution in [0.2, 0.25) is 0 Å². The summed E-state index contributed by atoms with van der Waals surface area (Å²) in [6.07, 6.45) is 2.74. The molecule has 1 saturated carbocycles. The Labute approximate surface area is 95.9 Å². The summed E-state index contributed by atoms with van der Waals surface area (Å²) < 4.78 is 0. The Morgan fingerprint density at radius 2 is 2.07 bits per heavy atom. The second-order valence-corrected chi connectivity index (χ2v) is 5.55. The lowest BCUT2D eigenvalue weighted by atomic mass is 10.2. The van der Waals surface area contributed by atoms with Crippen molar-refractivity contribution in [2.75, 3.05) is 11.5 Å². The van der Waals surface area contributed by atoms with Crippen molar-refractivity contribution in [2.45, 2.75) is 24.7 Å². The van der Waals surface area contributed by atoms with Crippen LogP contribution in [0, 0.1) is 12.3 Å². The number of aryl methyl sites for hydroxylation is 1. The van der Waals surface area contributed by atoms with E-state index in [-0.39, 0.29) is 0 Å². The molecule has 0 saturated heterocycles. The lowest BCUT2D eigenvalue weighted by Crippen LogP contribution is -2.05. The first-order chi connectivity index (χ1) is 6.76. The van der Waals surface area contributed by atoms with Crippen LogP contribution < -0.4 is 0 Å². The first-order valence-electron chi connectivity index (χ1n) is 5.05. The molecular weight excluding hydrogens is 208 g/mol. The fraction of sp³-hybridized carbons (Fsp3) is 0.500. The van der Waals surface area contributed by atoms with E-state index in [1.807, 2.05) is 11.8 Å². The minimum atomic E-state index is 0.566. The van der Waals surface area contributed by atoms with Crippen LogP contribution in [-0.4, -0.2) is 11.5 Å². The van der Waals surface area contributed by atoms with Gasteiger partial charge < -0.3 is 0 Å². The zero-order valence-electron chi connectivity index (χ0n) is 8.49. The fourth-order valence-electron chi connectivity index (χ4n) is 1.47. The molecule has 0 N–H and O–H groups in total. The third-order valence-electron chi connectivity index (χ3n) is 2.92. The Morgan fingerprint density at radius 1 is 1.36 bits per heavy atom. The van der Waals surface area contributed by atoms with Gasteiger partial charge in [0.25, 0.3) is 0 Å². The molecule has 14 heavy (non-hydrogen) atoms. The van der Waals surface area contributed by atoms with Crippen molar-refractivity contribution in [1.82, 2.24) is 0 Å². The smallest absolute Gasteiger partial charge is 0.0101 e. The molecule has 0 spiro atoms. The Morgan fingerprint density at radius 3 is 2.64 bits per heavy atom. The number of hydrogen-bond acceptors (Lipinski definition) is 2. The molecule has 0 nitrogen and oxygen atoms in total. The van der Waals surface area contributed by atoms with Gasteiger partial charge in [0.2, 0.25) is 0 Å². The van der Waals surface area contributed by atoms with Gasteiger partial charge in [-0.25, -0.2) is 0 Å². The van der Waals surface area contributed by atoms with Gasteiger partial charge in [-0.15, -0.1) is 11.8 Å². The first kappa shape index (κ1) is 10.4. The van der Waals surface area contributed by atoms with Crippen molar-refractivity contribution in [3.63, 3.8) is 0 Å². The Bertz CT molecular complexity index is 316. The Hall–Kier alpha value is -0.0800. The zero-order valence-corrected chi connectivity index (χ0v) is 10.2. The maximum Gasteiger partial charge on any atom is 0.0101 e. The summed E-state index contributed by atoms with van der Waals surface area (Å²) in [5.41, 5.74) is 1.96. The van der Waals surface area contributed by atoms with E-state index in [0.29, 0.717) is 5.41 Å². The number of hydrogen-bond donors (Lipinski definition) is 1. The summed E-state index contributed by atoms with van der Waals surface area (Å²) in [6.45, 7) is 2.18. The summed E-state index contributed by atoms with van der Waals surface area (Å²) in [5, 5.41) is 0. The van der Waals surface area contributed by atoms with Crippen molar-refractivity contribution < 1.29 is 0 Å². The topological polar surface area (TPSA) is 0 Å². The lowest BCUT2D eigenvalue weighted by molar-refractivity contribution is 0.683. The largest absolute Gasteiger partial charge is 0.179 e. The van der Waals surface area contributed by atoms with Crippen molar-refractivity contribution in [3.05, 3.63) is 29.8 Å². The van der Waals surface area contributed by atoms with Gasteiger partial charge in [-0.2, -0.15) is 12.6 Å². The van der Waals surface area contributed by atoms with Crippen LogP contribution >= 0.6 is 24.4 Å². The molecule has 0 amide bonds. The maximum atomic E-state index is 4.42. The molecule has 0 aliphatic heterocycles. The highest BCUT2D eigenvalue weighted by atomic mass is 32.2. The van der Waals surface area contributed by atoms with E-state index in [2.05, 4.69) is 43.8 Å². The first-order valence-corrected chi connectivity index (χ1v) is 6.67. The second-order valence-electron chi connectivity index (χ2n) is 4.21. The standard InChI is InChI=1S/C12H16S2/c1-10-4-2-3-5-11(10)14-9-12(8-13)6-7-12/h2-5,13H,6-9H2,1H3. The van der Waals surface area contributed by atoms with Crippen molar-refractivity contribution in [1.29, 1.82) is 0 Å². The molecule has 2 rings (SSSR count). The fourth-order valence-corrected chi connectivity index (χ4v) is 3.38. The molecule has 0 atom stereocenters. The predicted molar refractivity (Wildman–Crippen MR) is 67.4 cm³/mol. The van der Waals surface area contributed by atoms with E-state index >= 15 is 0 Å². The van der Waals surface area contributed by atoms with Gasteiger partial charge in [0, 0.05) is 10.6 Å². The number of thiol groups is 1. The van der Waals surface area contributed by atoms with Crippen molar-refractivity contribution in [2.24, 2.45) is 5.41 Å². The van der Waals surface area contributed by atoms with Crippen LogP contribution in [0.3, 0.4) is 0 Å². The summed E-state index contributed by atoms with van der Waals surface area (Å²) in [4.78, 5) is 1.43. The van der Waals surface area contributed by atoms with Crippen LogP contribution in [0.1, 0.15) is 18.4 Å². The second kappa shape index (κ2) is 4.19. The molecule has 1 fully saturated rings. The quantitative estimate of drug-likeness (QED) is 0.599. The van der Waals surface area contributed by atoms with Crippen molar-refractivity contribution >= 4 is 24.4 Å². The van der Waals surface area contributed by atoms with E-state index in [4.69, 9.17) is 0 Å². The molecule has 0 aromatic heterocycles. The SMILES string of the molecule is Cc1ccccc1SCC1(CS)CC1. The normalized spacial score (nSPS) is 18.1. The van der Waals surface area contributed by atoms with Crippen LogP contribution in [-0.2, 0) is 0 Å². The average Bonchev–Trinajstić information content (AvgIpc) is 2.98. The van der Waals surface area contributed by atoms with Gasteiger partial charge >= 0.3 is 0 Å². The lowest BCUT2D eigenvalue weighted by Gasteiger charge is -2.12. The third kappa shape index (κ3) is 2.29. The molecule has 1 aliphatic carbocycles. The molecule has 1 aromatic carbocycles. The highest BCUT2D eigenvalue weighted by Gasteiger charge is 2.40. The molecular formula is C12H16S2. The third-order valence-corrected chi connectivity index (χ3v) is 5.12.